The molecule has 20 heavy (non-hydrogen) atoms. The maximum absolute atomic E-state index is 12.0. The molecule has 1 amide bonds. The third kappa shape index (κ3) is 3.64. The summed E-state index contributed by atoms with van der Waals surface area (Å²) in [5.41, 5.74) is 1.33. The molecule has 0 fully saturated rings. The molecule has 0 radical (unpaired) electrons. The Morgan fingerprint density at radius 1 is 1.45 bits per heavy atom. The summed E-state index contributed by atoms with van der Waals surface area (Å²) in [5.74, 6) is -1.44. The number of hydrogen-bond acceptors (Lipinski definition) is 4. The number of thiophene rings is 1. The van der Waals surface area contributed by atoms with Gasteiger partial charge in [-0.1, -0.05) is 0 Å². The second kappa shape index (κ2) is 6.29. The number of aromatic nitrogens is 1. The summed E-state index contributed by atoms with van der Waals surface area (Å²) in [4.78, 5) is 26.5. The van der Waals surface area contributed by atoms with Crippen molar-refractivity contribution in [2.45, 2.75) is 19.4 Å². The molecule has 1 atom stereocenters. The van der Waals surface area contributed by atoms with Crippen molar-refractivity contribution < 1.29 is 14.7 Å². The molecule has 0 aliphatic heterocycles. The van der Waals surface area contributed by atoms with E-state index >= 15 is 0 Å². The fourth-order valence-electron chi connectivity index (χ4n) is 1.81. The van der Waals surface area contributed by atoms with Crippen LogP contribution < -0.4 is 5.32 Å². The minimum absolute atomic E-state index is 0.0291. The molecule has 0 saturated heterocycles. The van der Waals surface area contributed by atoms with E-state index in [4.69, 9.17) is 5.11 Å². The van der Waals surface area contributed by atoms with E-state index in [1.54, 1.807) is 11.3 Å². The van der Waals surface area contributed by atoms with Crippen molar-refractivity contribution in [1.29, 1.82) is 0 Å². The zero-order valence-electron chi connectivity index (χ0n) is 10.9. The summed E-state index contributed by atoms with van der Waals surface area (Å²) in [7, 11) is 0. The van der Waals surface area contributed by atoms with Gasteiger partial charge in [0.1, 0.15) is 5.69 Å². The van der Waals surface area contributed by atoms with Gasteiger partial charge in [-0.3, -0.25) is 4.79 Å². The third-order valence-electron chi connectivity index (χ3n) is 2.74. The lowest BCUT2D eigenvalue weighted by Crippen LogP contribution is -2.34. The maximum Gasteiger partial charge on any atom is 0.354 e. The predicted molar refractivity (Wildman–Crippen MR) is 76.1 cm³/mol. The SMILES string of the molecule is CC(Cc1ccsc1)NC(=O)c1ccnc(C(=O)O)c1. The summed E-state index contributed by atoms with van der Waals surface area (Å²) >= 11 is 1.62. The standard InChI is InChI=1S/C14H14N2O3S/c1-9(6-10-3-5-20-8-10)16-13(17)11-2-4-15-12(7-11)14(18)19/h2-5,7-9H,6H2,1H3,(H,16,17)(H,18,19). The third-order valence-corrected chi connectivity index (χ3v) is 3.47. The van der Waals surface area contributed by atoms with Crippen LogP contribution in [-0.4, -0.2) is 28.0 Å². The van der Waals surface area contributed by atoms with Crippen molar-refractivity contribution in [2.75, 3.05) is 0 Å². The lowest BCUT2D eigenvalue weighted by Gasteiger charge is -2.13. The Hall–Kier alpha value is -2.21. The molecular formula is C14H14N2O3S. The second-order valence-corrected chi connectivity index (χ2v) is 5.23. The van der Waals surface area contributed by atoms with E-state index in [1.807, 2.05) is 23.8 Å². The zero-order chi connectivity index (χ0) is 14.5. The first kappa shape index (κ1) is 14.2. The highest BCUT2D eigenvalue weighted by Crippen LogP contribution is 2.09. The fraction of sp³-hybridized carbons (Fsp3) is 0.214. The molecule has 6 heteroatoms. The first-order chi connectivity index (χ1) is 9.56. The summed E-state index contributed by atoms with van der Waals surface area (Å²) in [6.07, 6.45) is 2.06. The second-order valence-electron chi connectivity index (χ2n) is 4.45. The Labute approximate surface area is 120 Å². The number of hydrogen-bond donors (Lipinski definition) is 2. The average molecular weight is 290 g/mol. The number of nitrogens with zero attached hydrogens (tertiary/aromatic N) is 1. The summed E-state index contributed by atoms with van der Waals surface area (Å²) in [6.45, 7) is 1.91. The van der Waals surface area contributed by atoms with Gasteiger partial charge >= 0.3 is 5.97 Å². The highest BCUT2D eigenvalue weighted by atomic mass is 32.1. The van der Waals surface area contributed by atoms with Crippen LogP contribution in [0.15, 0.2) is 35.2 Å². The van der Waals surface area contributed by atoms with Gasteiger partial charge < -0.3 is 10.4 Å². The summed E-state index contributed by atoms with van der Waals surface area (Å²) in [6, 6.07) is 4.76. The minimum Gasteiger partial charge on any atom is -0.477 e. The van der Waals surface area contributed by atoms with E-state index in [2.05, 4.69) is 10.3 Å². The molecule has 0 aromatic carbocycles. The largest absolute Gasteiger partial charge is 0.477 e. The number of nitrogens with one attached hydrogen (secondary N) is 1. The zero-order valence-corrected chi connectivity index (χ0v) is 11.7. The van der Waals surface area contributed by atoms with Gasteiger partial charge in [-0.2, -0.15) is 11.3 Å². The van der Waals surface area contributed by atoms with E-state index in [-0.39, 0.29) is 17.6 Å². The smallest absolute Gasteiger partial charge is 0.354 e. The van der Waals surface area contributed by atoms with E-state index in [9.17, 15) is 9.59 Å². The van der Waals surface area contributed by atoms with Crippen LogP contribution in [0.1, 0.15) is 33.3 Å². The fourth-order valence-corrected chi connectivity index (χ4v) is 2.49. The van der Waals surface area contributed by atoms with Gasteiger partial charge in [0, 0.05) is 17.8 Å². The van der Waals surface area contributed by atoms with Crippen molar-refractivity contribution in [3.05, 3.63) is 52.0 Å². The predicted octanol–water partition coefficient (Wildman–Crippen LogP) is 2.20. The van der Waals surface area contributed by atoms with E-state index < -0.39 is 5.97 Å². The van der Waals surface area contributed by atoms with E-state index in [1.165, 1.54) is 23.9 Å². The van der Waals surface area contributed by atoms with Crippen LogP contribution in [0.2, 0.25) is 0 Å². The molecule has 1 unspecified atom stereocenters. The molecule has 2 heterocycles. The first-order valence-electron chi connectivity index (χ1n) is 6.07. The van der Waals surface area contributed by atoms with Gasteiger partial charge in [0.05, 0.1) is 0 Å². The van der Waals surface area contributed by atoms with Gasteiger partial charge in [0.2, 0.25) is 0 Å². The number of carboxylic acid groups (broad SMARTS) is 1. The van der Waals surface area contributed by atoms with Crippen LogP contribution in [0.5, 0.6) is 0 Å². The van der Waals surface area contributed by atoms with Gasteiger partial charge in [-0.25, -0.2) is 9.78 Å². The monoisotopic (exact) mass is 290 g/mol. The van der Waals surface area contributed by atoms with Gasteiger partial charge in [0.15, 0.2) is 0 Å². The molecule has 104 valence electrons. The molecule has 2 aromatic heterocycles. The van der Waals surface area contributed by atoms with Crippen molar-refractivity contribution >= 4 is 23.2 Å². The molecule has 0 bridgehead atoms. The lowest BCUT2D eigenvalue weighted by molar-refractivity contribution is 0.0690. The van der Waals surface area contributed by atoms with Gasteiger partial charge in [-0.15, -0.1) is 0 Å². The van der Waals surface area contributed by atoms with E-state index in [0.717, 1.165) is 6.42 Å². The van der Waals surface area contributed by atoms with Crippen LogP contribution in [0.3, 0.4) is 0 Å². The Kier molecular flexibility index (Phi) is 4.47. The Morgan fingerprint density at radius 3 is 2.90 bits per heavy atom. The van der Waals surface area contributed by atoms with Crippen LogP contribution in [0.25, 0.3) is 0 Å². The van der Waals surface area contributed by atoms with Crippen molar-refractivity contribution in [3.8, 4) is 0 Å². The molecule has 2 rings (SSSR count). The van der Waals surface area contributed by atoms with E-state index in [0.29, 0.717) is 5.56 Å². The summed E-state index contributed by atoms with van der Waals surface area (Å²) in [5, 5.41) is 15.7. The Balaban J connectivity index is 2.00. The molecule has 0 aliphatic rings. The number of rotatable bonds is 5. The quantitative estimate of drug-likeness (QED) is 0.884. The highest BCUT2D eigenvalue weighted by molar-refractivity contribution is 7.07. The molecule has 2 aromatic rings. The van der Waals surface area contributed by atoms with Crippen LogP contribution >= 0.6 is 11.3 Å². The van der Waals surface area contributed by atoms with Gasteiger partial charge in [0.25, 0.3) is 5.91 Å². The normalized spacial score (nSPS) is 11.8. The molecule has 2 N–H and O–H groups in total. The maximum atomic E-state index is 12.0. The van der Waals surface area contributed by atoms with Crippen molar-refractivity contribution in [1.82, 2.24) is 10.3 Å². The average Bonchev–Trinajstić information content (AvgIpc) is 2.91. The van der Waals surface area contributed by atoms with Crippen LogP contribution in [0.4, 0.5) is 0 Å². The summed E-state index contributed by atoms with van der Waals surface area (Å²) < 4.78 is 0. The van der Waals surface area contributed by atoms with Gasteiger partial charge in [-0.05, 0) is 47.9 Å². The number of carbonyl (C=O) groups excluding carboxylic acids is 1. The molecule has 0 spiro atoms. The number of carbonyl (C=O) groups is 2. The highest BCUT2D eigenvalue weighted by Gasteiger charge is 2.13. The Morgan fingerprint density at radius 2 is 2.25 bits per heavy atom. The first-order valence-corrected chi connectivity index (χ1v) is 7.02. The molecule has 5 nitrogen and oxygen atoms in total. The van der Waals surface area contributed by atoms with Crippen molar-refractivity contribution in [3.63, 3.8) is 0 Å². The number of aromatic carboxylic acids is 1. The number of carboxylic acids is 1. The Bertz CT molecular complexity index is 611. The molecular weight excluding hydrogens is 276 g/mol. The number of amides is 1. The topological polar surface area (TPSA) is 79.3 Å². The minimum atomic E-state index is -1.15. The van der Waals surface area contributed by atoms with Crippen LogP contribution in [0, 0.1) is 0 Å². The molecule has 0 saturated carbocycles. The number of pyridine rings is 1. The molecule has 0 aliphatic carbocycles. The lowest BCUT2D eigenvalue weighted by atomic mass is 10.1. The van der Waals surface area contributed by atoms with Crippen molar-refractivity contribution in [2.24, 2.45) is 0 Å². The van der Waals surface area contributed by atoms with Crippen LogP contribution in [-0.2, 0) is 6.42 Å².